The molecule has 0 saturated carbocycles. The van der Waals surface area contributed by atoms with E-state index in [1.54, 1.807) is 30.3 Å². The Bertz CT molecular complexity index is 1300. The number of rotatable bonds is 8. The molecule has 5 rings (SSSR count). The van der Waals surface area contributed by atoms with Crippen molar-refractivity contribution in [1.29, 1.82) is 0 Å². The summed E-state index contributed by atoms with van der Waals surface area (Å²) < 4.78 is 16.9. The van der Waals surface area contributed by atoms with E-state index in [-0.39, 0.29) is 5.91 Å². The monoisotopic (exact) mass is 486 g/mol. The summed E-state index contributed by atoms with van der Waals surface area (Å²) in [5.74, 6) is 2.09. The van der Waals surface area contributed by atoms with Crippen molar-refractivity contribution in [3.8, 4) is 28.5 Å². The molecule has 1 amide bonds. The van der Waals surface area contributed by atoms with Crippen LogP contribution in [0.25, 0.3) is 11.3 Å². The van der Waals surface area contributed by atoms with E-state index in [1.807, 2.05) is 60.7 Å². The number of hydrogen-bond acceptors (Lipinski definition) is 6. The highest BCUT2D eigenvalue weighted by atomic mass is 32.1. The molecule has 0 saturated heterocycles. The number of ether oxygens (including phenoxy) is 3. The molecule has 0 N–H and O–H groups in total. The second-order valence-electron chi connectivity index (χ2n) is 8.25. The van der Waals surface area contributed by atoms with Crippen LogP contribution in [0.1, 0.15) is 17.5 Å². The summed E-state index contributed by atoms with van der Waals surface area (Å²) >= 11 is 1.64. The van der Waals surface area contributed by atoms with Crippen molar-refractivity contribution in [2.75, 3.05) is 25.2 Å². The highest BCUT2D eigenvalue weighted by Crippen LogP contribution is 2.38. The lowest BCUT2D eigenvalue weighted by atomic mass is 10.1. The first-order valence-corrected chi connectivity index (χ1v) is 12.4. The van der Waals surface area contributed by atoms with Gasteiger partial charge in [-0.05, 0) is 55.0 Å². The van der Waals surface area contributed by atoms with E-state index < -0.39 is 6.10 Å². The quantitative estimate of drug-likeness (QED) is 0.324. The van der Waals surface area contributed by atoms with E-state index in [4.69, 9.17) is 19.2 Å². The van der Waals surface area contributed by atoms with Gasteiger partial charge in [0.1, 0.15) is 23.9 Å². The molecule has 4 aromatic rings. The highest BCUT2D eigenvalue weighted by Gasteiger charge is 2.31. The molecular weight excluding hydrogens is 460 g/mol. The van der Waals surface area contributed by atoms with Crippen LogP contribution in [0.3, 0.4) is 0 Å². The van der Waals surface area contributed by atoms with E-state index in [9.17, 15) is 4.79 Å². The Kier molecular flexibility index (Phi) is 6.68. The Morgan fingerprint density at radius 1 is 1.03 bits per heavy atom. The number of methoxy groups -OCH3 is 1. The topological polar surface area (TPSA) is 60.9 Å². The van der Waals surface area contributed by atoms with Crippen molar-refractivity contribution < 1.29 is 19.0 Å². The molecule has 178 valence electrons. The minimum Gasteiger partial charge on any atom is -0.497 e. The van der Waals surface area contributed by atoms with E-state index >= 15 is 0 Å². The van der Waals surface area contributed by atoms with Gasteiger partial charge in [0.25, 0.3) is 5.91 Å². The van der Waals surface area contributed by atoms with Gasteiger partial charge in [-0.15, -0.1) is 11.3 Å². The van der Waals surface area contributed by atoms with Gasteiger partial charge in [-0.1, -0.05) is 30.3 Å². The second-order valence-corrected chi connectivity index (χ2v) is 9.19. The van der Waals surface area contributed by atoms with E-state index in [0.717, 1.165) is 39.9 Å². The van der Waals surface area contributed by atoms with Crippen LogP contribution in [0.4, 0.5) is 5.69 Å². The lowest BCUT2D eigenvalue weighted by molar-refractivity contribution is -0.125. The number of carbonyl (C=O) groups excluding carboxylic acids is 1. The predicted molar refractivity (Wildman–Crippen MR) is 138 cm³/mol. The highest BCUT2D eigenvalue weighted by molar-refractivity contribution is 7.10. The Morgan fingerprint density at radius 3 is 2.57 bits per heavy atom. The number of nitrogens with zero attached hydrogens (tertiary/aromatic N) is 2. The molecule has 7 heteroatoms. The number of benzene rings is 3. The van der Waals surface area contributed by atoms with Crippen molar-refractivity contribution in [2.45, 2.75) is 19.4 Å². The first-order chi connectivity index (χ1) is 17.1. The standard InChI is InChI=1S/C28H26N2O4S/c1-19-28(31)30(14-15-33-23-11-9-22(32-2)10-12-23)25-17-21(8-13-26(25)34-19)24-18-35-27(29-24)16-20-6-4-3-5-7-20/h3-13,17-19H,14-16H2,1-2H3. The first kappa shape index (κ1) is 22.9. The van der Waals surface area contributed by atoms with Crippen LogP contribution in [0.5, 0.6) is 17.2 Å². The minimum atomic E-state index is -0.550. The minimum absolute atomic E-state index is 0.0870. The summed E-state index contributed by atoms with van der Waals surface area (Å²) in [5.41, 5.74) is 3.81. The number of carbonyl (C=O) groups is 1. The first-order valence-electron chi connectivity index (χ1n) is 11.5. The van der Waals surface area contributed by atoms with Crippen LogP contribution in [-0.2, 0) is 11.2 Å². The van der Waals surface area contributed by atoms with Crippen LogP contribution in [0.2, 0.25) is 0 Å². The van der Waals surface area contributed by atoms with Crippen molar-refractivity contribution in [1.82, 2.24) is 4.98 Å². The van der Waals surface area contributed by atoms with Crippen LogP contribution >= 0.6 is 11.3 Å². The smallest absolute Gasteiger partial charge is 0.267 e. The van der Waals surface area contributed by atoms with Crippen molar-refractivity contribution in [2.24, 2.45) is 0 Å². The van der Waals surface area contributed by atoms with Crippen LogP contribution in [0.15, 0.2) is 78.2 Å². The van der Waals surface area contributed by atoms with Gasteiger partial charge < -0.3 is 19.1 Å². The van der Waals surface area contributed by atoms with Crippen molar-refractivity contribution in [3.05, 3.63) is 88.7 Å². The van der Waals surface area contributed by atoms with Gasteiger partial charge in [-0.2, -0.15) is 0 Å². The summed E-state index contributed by atoms with van der Waals surface area (Å²) in [6.45, 7) is 2.53. The lowest BCUT2D eigenvalue weighted by Gasteiger charge is -2.33. The third-order valence-electron chi connectivity index (χ3n) is 5.86. The summed E-state index contributed by atoms with van der Waals surface area (Å²) in [7, 11) is 1.63. The Balaban J connectivity index is 1.33. The summed E-state index contributed by atoms with van der Waals surface area (Å²) in [6, 6.07) is 23.6. The van der Waals surface area contributed by atoms with Gasteiger partial charge >= 0.3 is 0 Å². The van der Waals surface area contributed by atoms with Gasteiger partial charge in [0, 0.05) is 17.4 Å². The fourth-order valence-corrected chi connectivity index (χ4v) is 4.86. The lowest BCUT2D eigenvalue weighted by Crippen LogP contribution is -2.46. The summed E-state index contributed by atoms with van der Waals surface area (Å²) in [6.07, 6.45) is 0.246. The zero-order chi connectivity index (χ0) is 24.2. The average molecular weight is 487 g/mol. The third kappa shape index (κ3) is 5.15. The maximum Gasteiger partial charge on any atom is 0.267 e. The van der Waals surface area contributed by atoms with Crippen LogP contribution < -0.4 is 19.1 Å². The number of aromatic nitrogens is 1. The largest absolute Gasteiger partial charge is 0.497 e. The number of hydrogen-bond donors (Lipinski definition) is 0. The molecule has 35 heavy (non-hydrogen) atoms. The maximum atomic E-state index is 13.0. The van der Waals surface area contributed by atoms with E-state index in [1.165, 1.54) is 5.56 Å². The Morgan fingerprint density at radius 2 is 1.80 bits per heavy atom. The number of amides is 1. The van der Waals surface area contributed by atoms with Gasteiger partial charge in [-0.25, -0.2) is 4.98 Å². The van der Waals surface area contributed by atoms with E-state index in [0.29, 0.717) is 18.9 Å². The zero-order valence-electron chi connectivity index (χ0n) is 19.6. The third-order valence-corrected chi connectivity index (χ3v) is 6.70. The van der Waals surface area contributed by atoms with Gasteiger partial charge in [-0.3, -0.25) is 4.79 Å². The van der Waals surface area contributed by atoms with Gasteiger partial charge in [0.2, 0.25) is 0 Å². The zero-order valence-corrected chi connectivity index (χ0v) is 20.5. The fraction of sp³-hybridized carbons (Fsp3) is 0.214. The molecule has 0 fully saturated rings. The van der Waals surface area contributed by atoms with Crippen LogP contribution in [-0.4, -0.2) is 37.3 Å². The molecule has 0 bridgehead atoms. The van der Waals surface area contributed by atoms with E-state index in [2.05, 4.69) is 17.5 Å². The Hall–Kier alpha value is -3.84. The molecule has 1 aliphatic heterocycles. The molecule has 1 aliphatic rings. The fourth-order valence-electron chi connectivity index (χ4n) is 4.02. The number of anilines is 1. The molecule has 0 spiro atoms. The van der Waals surface area contributed by atoms with Crippen molar-refractivity contribution in [3.63, 3.8) is 0 Å². The second kappa shape index (κ2) is 10.2. The molecule has 3 aromatic carbocycles. The Labute approximate surface area is 208 Å². The molecule has 0 radical (unpaired) electrons. The average Bonchev–Trinajstić information content (AvgIpc) is 3.35. The molecule has 1 unspecified atom stereocenters. The van der Waals surface area contributed by atoms with Crippen LogP contribution in [0, 0.1) is 0 Å². The molecule has 0 aliphatic carbocycles. The van der Waals surface area contributed by atoms with Gasteiger partial charge in [0.15, 0.2) is 6.10 Å². The van der Waals surface area contributed by atoms with Gasteiger partial charge in [0.05, 0.1) is 30.0 Å². The molecule has 2 heterocycles. The molecule has 1 aromatic heterocycles. The molecule has 1 atom stereocenters. The SMILES string of the molecule is COc1ccc(OCCN2C(=O)C(C)Oc3ccc(-c4csc(Cc5ccccc5)n4)cc32)cc1. The summed E-state index contributed by atoms with van der Waals surface area (Å²) in [4.78, 5) is 19.6. The summed E-state index contributed by atoms with van der Waals surface area (Å²) in [5, 5.41) is 3.11. The maximum absolute atomic E-state index is 13.0. The predicted octanol–water partition coefficient (Wildman–Crippen LogP) is 5.60. The normalized spacial score (nSPS) is 14.9. The number of thiazole rings is 1. The molecular formula is C28H26N2O4S. The molecule has 6 nitrogen and oxygen atoms in total. The number of fused-ring (bicyclic) bond motifs is 1. The van der Waals surface area contributed by atoms with Crippen molar-refractivity contribution >= 4 is 22.9 Å².